The number of rotatable bonds is 5. The maximum absolute atomic E-state index is 12.8. The number of nitrogens with zero attached hydrogens (tertiary/aromatic N) is 2. The third-order valence-corrected chi connectivity index (χ3v) is 4.93. The van der Waals surface area contributed by atoms with Crippen LogP contribution in [0, 0.1) is 0 Å². The summed E-state index contributed by atoms with van der Waals surface area (Å²) in [6.45, 7) is 1.72. The Morgan fingerprint density at radius 3 is 2.64 bits per heavy atom. The lowest BCUT2D eigenvalue weighted by atomic mass is 10.1. The largest absolute Gasteiger partial charge is 0.465 e. The fraction of sp³-hybridized carbons (Fsp3) is 0.267. The van der Waals surface area contributed by atoms with E-state index in [4.69, 9.17) is 5.73 Å². The van der Waals surface area contributed by atoms with Crippen LogP contribution in [0.4, 0.5) is 0 Å². The average molecular weight is 366 g/mol. The first kappa shape index (κ1) is 18.6. The zero-order chi connectivity index (χ0) is 18.8. The second-order valence-corrected chi connectivity index (χ2v) is 6.96. The number of ether oxygens (including phenoxy) is 1. The Labute approximate surface area is 145 Å². The van der Waals surface area contributed by atoms with Gasteiger partial charge < -0.3 is 15.4 Å². The minimum Gasteiger partial charge on any atom is -0.465 e. The summed E-state index contributed by atoms with van der Waals surface area (Å²) in [6, 6.07) is 3.77. The van der Waals surface area contributed by atoms with Crippen molar-refractivity contribution in [3.05, 3.63) is 41.6 Å². The predicted molar refractivity (Wildman–Crippen MR) is 90.4 cm³/mol. The molecule has 10 heteroatoms. The molecule has 0 fully saturated rings. The van der Waals surface area contributed by atoms with Crippen LogP contribution in [0.15, 0.2) is 40.4 Å². The van der Waals surface area contributed by atoms with E-state index in [0.717, 1.165) is 7.11 Å². The van der Waals surface area contributed by atoms with E-state index < -0.39 is 38.6 Å². The summed E-state index contributed by atoms with van der Waals surface area (Å²) in [7, 11) is -1.48. The molecular weight excluding hydrogens is 348 g/mol. The molecular formula is C15H18N4O5S. The number of carbonyl (C=O) groups is 2. The molecule has 0 radical (unpaired) electrons. The molecule has 0 bridgehead atoms. The maximum Gasteiger partial charge on any atom is 0.340 e. The van der Waals surface area contributed by atoms with Gasteiger partial charge >= 0.3 is 5.97 Å². The van der Waals surface area contributed by atoms with Gasteiger partial charge in [-0.2, -0.15) is 4.72 Å². The third-order valence-electron chi connectivity index (χ3n) is 3.49. The number of primary amides is 1. The van der Waals surface area contributed by atoms with Gasteiger partial charge in [-0.3, -0.25) is 4.79 Å². The van der Waals surface area contributed by atoms with E-state index in [9.17, 15) is 18.0 Å². The Bertz CT molecular complexity index is 876. The van der Waals surface area contributed by atoms with Crippen molar-refractivity contribution >= 4 is 27.6 Å². The Balaban J connectivity index is 2.53. The first-order valence-corrected chi connectivity index (χ1v) is 8.63. The molecule has 9 nitrogen and oxygen atoms in total. The van der Waals surface area contributed by atoms with E-state index in [1.165, 1.54) is 18.2 Å². The van der Waals surface area contributed by atoms with Gasteiger partial charge in [0.15, 0.2) is 6.29 Å². The number of amides is 1. The van der Waals surface area contributed by atoms with Crippen LogP contribution in [0.3, 0.4) is 0 Å². The third kappa shape index (κ3) is 3.86. The van der Waals surface area contributed by atoms with E-state index in [1.807, 2.05) is 0 Å². The molecule has 1 heterocycles. The van der Waals surface area contributed by atoms with Crippen LogP contribution < -0.4 is 10.5 Å². The van der Waals surface area contributed by atoms with Gasteiger partial charge in [0.05, 0.1) is 23.1 Å². The van der Waals surface area contributed by atoms with Crippen LogP contribution in [0.25, 0.3) is 0 Å². The number of nitrogens with one attached hydrogen (secondary N) is 1. The van der Waals surface area contributed by atoms with Crippen molar-refractivity contribution in [2.75, 3.05) is 14.2 Å². The molecule has 1 aliphatic heterocycles. The van der Waals surface area contributed by atoms with Gasteiger partial charge in [0.2, 0.25) is 15.9 Å². The lowest BCUT2D eigenvalue weighted by Crippen LogP contribution is -2.44. The molecule has 1 amide bonds. The standard InChI is InChI=1S/C15H18N4O5S/c1-9-7-8-19(2)15(17-9)18-25(22,23)11-6-4-5-10(13(16)20)12(11)14(21)24-3/h4-8,15,18H,1-3H3,(H2,16,20). The number of hydrogen-bond donors (Lipinski definition) is 2. The van der Waals surface area contributed by atoms with Crippen molar-refractivity contribution in [1.29, 1.82) is 0 Å². The number of methoxy groups -OCH3 is 1. The highest BCUT2D eigenvalue weighted by atomic mass is 32.2. The molecule has 0 aromatic heterocycles. The molecule has 0 spiro atoms. The zero-order valence-electron chi connectivity index (χ0n) is 13.9. The minimum atomic E-state index is -4.20. The van der Waals surface area contributed by atoms with Crippen molar-refractivity contribution in [3.8, 4) is 0 Å². The summed E-state index contributed by atoms with van der Waals surface area (Å²) in [5, 5.41) is 0. The number of hydrogen-bond acceptors (Lipinski definition) is 7. The topological polar surface area (TPSA) is 131 Å². The normalized spacial score (nSPS) is 17.2. The lowest BCUT2D eigenvalue weighted by molar-refractivity contribution is 0.0592. The summed E-state index contributed by atoms with van der Waals surface area (Å²) >= 11 is 0. The van der Waals surface area contributed by atoms with Crippen molar-refractivity contribution in [2.45, 2.75) is 18.1 Å². The van der Waals surface area contributed by atoms with E-state index in [1.54, 1.807) is 31.1 Å². The van der Waals surface area contributed by atoms with Gasteiger partial charge in [-0.25, -0.2) is 18.2 Å². The maximum atomic E-state index is 12.8. The number of carbonyl (C=O) groups excluding carboxylic acids is 2. The Morgan fingerprint density at radius 1 is 1.36 bits per heavy atom. The zero-order valence-corrected chi connectivity index (χ0v) is 14.7. The van der Waals surface area contributed by atoms with Crippen LogP contribution in [-0.4, -0.2) is 51.4 Å². The van der Waals surface area contributed by atoms with Crippen molar-refractivity contribution < 1.29 is 22.7 Å². The van der Waals surface area contributed by atoms with Crippen LogP contribution in [0.1, 0.15) is 27.6 Å². The first-order chi connectivity index (χ1) is 11.7. The summed E-state index contributed by atoms with van der Waals surface area (Å²) < 4.78 is 32.5. The SMILES string of the molecule is COC(=O)c1c(C(N)=O)cccc1S(=O)(=O)NC1N=C(C)C=CN1C. The Morgan fingerprint density at radius 2 is 2.04 bits per heavy atom. The quantitative estimate of drug-likeness (QED) is 0.708. The number of allylic oxidation sites excluding steroid dienone is 1. The summed E-state index contributed by atoms with van der Waals surface area (Å²) in [4.78, 5) is 28.9. The van der Waals surface area contributed by atoms with E-state index in [-0.39, 0.29) is 5.56 Å². The molecule has 1 unspecified atom stereocenters. The smallest absolute Gasteiger partial charge is 0.340 e. The molecule has 0 aliphatic carbocycles. The highest BCUT2D eigenvalue weighted by molar-refractivity contribution is 7.89. The van der Waals surface area contributed by atoms with Crippen molar-refractivity contribution in [1.82, 2.24) is 9.62 Å². The Kier molecular flexibility index (Phi) is 5.24. The number of aliphatic imine (C=N–C) groups is 1. The molecule has 134 valence electrons. The van der Waals surface area contributed by atoms with Gasteiger partial charge in [-0.15, -0.1) is 0 Å². The van der Waals surface area contributed by atoms with E-state index in [0.29, 0.717) is 5.71 Å². The summed E-state index contributed by atoms with van der Waals surface area (Å²) in [6.07, 6.45) is 2.49. The van der Waals surface area contributed by atoms with Crippen LogP contribution in [0.2, 0.25) is 0 Å². The van der Waals surface area contributed by atoms with Crippen LogP contribution in [0.5, 0.6) is 0 Å². The molecule has 1 aromatic carbocycles. The molecule has 0 saturated carbocycles. The second kappa shape index (κ2) is 7.03. The monoisotopic (exact) mass is 366 g/mol. The number of nitrogens with two attached hydrogens (primary N) is 1. The molecule has 1 aromatic rings. The predicted octanol–water partition coefficient (Wildman–Crippen LogP) is 0.0540. The molecule has 1 aliphatic rings. The van der Waals surface area contributed by atoms with E-state index >= 15 is 0 Å². The first-order valence-electron chi connectivity index (χ1n) is 7.15. The van der Waals surface area contributed by atoms with Crippen LogP contribution in [-0.2, 0) is 14.8 Å². The van der Waals surface area contributed by atoms with Gasteiger partial charge in [0.1, 0.15) is 0 Å². The Hall–Kier alpha value is -2.72. The van der Waals surface area contributed by atoms with Crippen LogP contribution >= 0.6 is 0 Å². The van der Waals surface area contributed by atoms with Gasteiger partial charge in [0, 0.05) is 19.0 Å². The highest BCUT2D eigenvalue weighted by Crippen LogP contribution is 2.22. The van der Waals surface area contributed by atoms with Crippen molar-refractivity contribution in [3.63, 3.8) is 0 Å². The van der Waals surface area contributed by atoms with Crippen molar-refractivity contribution in [2.24, 2.45) is 10.7 Å². The summed E-state index contributed by atoms with van der Waals surface area (Å²) in [5.74, 6) is -1.92. The molecule has 0 saturated heterocycles. The number of sulfonamides is 1. The molecule has 25 heavy (non-hydrogen) atoms. The number of benzene rings is 1. The number of esters is 1. The fourth-order valence-corrected chi connectivity index (χ4v) is 3.56. The summed E-state index contributed by atoms with van der Waals surface area (Å²) in [5.41, 5.74) is 5.21. The van der Waals surface area contributed by atoms with Gasteiger partial charge in [0.25, 0.3) is 0 Å². The molecule has 1 atom stereocenters. The van der Waals surface area contributed by atoms with Gasteiger partial charge in [-0.1, -0.05) is 6.07 Å². The molecule has 3 N–H and O–H groups in total. The molecule has 2 rings (SSSR count). The lowest BCUT2D eigenvalue weighted by Gasteiger charge is -2.27. The average Bonchev–Trinajstić information content (AvgIpc) is 2.56. The second-order valence-electron chi connectivity index (χ2n) is 5.28. The minimum absolute atomic E-state index is 0.244. The van der Waals surface area contributed by atoms with E-state index in [2.05, 4.69) is 14.5 Å². The highest BCUT2D eigenvalue weighted by Gasteiger charge is 2.30. The fourth-order valence-electron chi connectivity index (χ4n) is 2.22. The van der Waals surface area contributed by atoms with Gasteiger partial charge in [-0.05, 0) is 25.1 Å².